The second-order valence-electron chi connectivity index (χ2n) is 8.44. The molecule has 2 fully saturated rings. The van der Waals surface area contributed by atoms with Crippen molar-refractivity contribution in [3.05, 3.63) is 36.2 Å². The topological polar surface area (TPSA) is 82.1 Å². The number of anilines is 3. The molecule has 170 valence electrons. The van der Waals surface area contributed by atoms with E-state index in [-0.39, 0.29) is 24.2 Å². The molecule has 32 heavy (non-hydrogen) atoms. The summed E-state index contributed by atoms with van der Waals surface area (Å²) in [6.07, 6.45) is 0.252. The third-order valence-corrected chi connectivity index (χ3v) is 6.04. The van der Waals surface area contributed by atoms with Crippen molar-refractivity contribution in [1.29, 1.82) is 0 Å². The molecular weight excluding hydrogens is 408 g/mol. The molecule has 9 nitrogen and oxygen atoms in total. The van der Waals surface area contributed by atoms with Crippen LogP contribution in [-0.2, 0) is 9.59 Å². The number of piperazine rings is 1. The molecule has 0 radical (unpaired) electrons. The first-order chi connectivity index (χ1) is 15.4. The largest absolute Gasteiger partial charge is 0.497 e. The summed E-state index contributed by atoms with van der Waals surface area (Å²) < 4.78 is 5.18. The van der Waals surface area contributed by atoms with Crippen LogP contribution < -0.4 is 19.4 Å². The van der Waals surface area contributed by atoms with E-state index in [1.807, 2.05) is 61.2 Å². The average molecular weight is 439 g/mol. The van der Waals surface area contributed by atoms with E-state index in [9.17, 15) is 9.59 Å². The van der Waals surface area contributed by atoms with E-state index in [0.717, 1.165) is 28.9 Å². The number of nitrogens with zero attached hydrogens (tertiary/aromatic N) is 6. The van der Waals surface area contributed by atoms with Gasteiger partial charge in [-0.25, -0.2) is 9.97 Å². The van der Waals surface area contributed by atoms with Gasteiger partial charge in [-0.15, -0.1) is 0 Å². The van der Waals surface area contributed by atoms with Gasteiger partial charge in [0.05, 0.1) is 13.0 Å². The minimum atomic E-state index is -0.308. The van der Waals surface area contributed by atoms with E-state index in [0.29, 0.717) is 32.7 Å². The summed E-state index contributed by atoms with van der Waals surface area (Å²) in [4.78, 5) is 42.5. The highest BCUT2D eigenvalue weighted by atomic mass is 16.5. The van der Waals surface area contributed by atoms with Gasteiger partial charge in [-0.05, 0) is 31.2 Å². The normalized spacial score (nSPS) is 18.8. The molecule has 1 unspecified atom stereocenters. The van der Waals surface area contributed by atoms with Gasteiger partial charge in [-0.3, -0.25) is 9.59 Å². The number of carbonyl (C=O) groups is 2. The van der Waals surface area contributed by atoms with Crippen LogP contribution in [0.25, 0.3) is 0 Å². The van der Waals surface area contributed by atoms with Gasteiger partial charge in [0.2, 0.25) is 11.8 Å². The van der Waals surface area contributed by atoms with Crippen molar-refractivity contribution < 1.29 is 14.3 Å². The zero-order valence-corrected chi connectivity index (χ0v) is 19.1. The first-order valence-electron chi connectivity index (χ1n) is 10.9. The Hall–Kier alpha value is -3.36. The van der Waals surface area contributed by atoms with E-state index in [1.165, 1.54) is 0 Å². The fraction of sp³-hybridized carbons (Fsp3) is 0.478. The molecule has 2 amide bonds. The third-order valence-electron chi connectivity index (χ3n) is 6.04. The lowest BCUT2D eigenvalue weighted by atomic mass is 10.1. The van der Waals surface area contributed by atoms with E-state index < -0.39 is 0 Å². The van der Waals surface area contributed by atoms with E-state index >= 15 is 0 Å². The van der Waals surface area contributed by atoms with Crippen molar-refractivity contribution in [1.82, 2.24) is 14.9 Å². The number of aryl methyl sites for hydroxylation is 1. The van der Waals surface area contributed by atoms with Crippen molar-refractivity contribution in [2.24, 2.45) is 5.92 Å². The Morgan fingerprint density at radius 2 is 1.78 bits per heavy atom. The number of hydrogen-bond acceptors (Lipinski definition) is 7. The number of carbonyl (C=O) groups excluding carboxylic acids is 2. The van der Waals surface area contributed by atoms with Crippen LogP contribution in [0.15, 0.2) is 30.3 Å². The van der Waals surface area contributed by atoms with Crippen molar-refractivity contribution >= 4 is 29.1 Å². The Morgan fingerprint density at radius 1 is 1.09 bits per heavy atom. The maximum atomic E-state index is 13.1. The average Bonchev–Trinajstić information content (AvgIpc) is 3.19. The van der Waals surface area contributed by atoms with Gasteiger partial charge in [-0.2, -0.15) is 0 Å². The summed E-state index contributed by atoms with van der Waals surface area (Å²) in [5, 5.41) is 0. The zero-order valence-electron chi connectivity index (χ0n) is 19.1. The maximum Gasteiger partial charge on any atom is 0.228 e. The molecule has 0 bridgehead atoms. The summed E-state index contributed by atoms with van der Waals surface area (Å²) in [7, 11) is 5.53. The lowest BCUT2D eigenvalue weighted by Gasteiger charge is -2.36. The molecule has 3 heterocycles. The van der Waals surface area contributed by atoms with Crippen LogP contribution in [0.3, 0.4) is 0 Å². The second-order valence-corrected chi connectivity index (χ2v) is 8.44. The van der Waals surface area contributed by atoms with Gasteiger partial charge < -0.3 is 24.3 Å². The molecule has 1 aromatic heterocycles. The smallest absolute Gasteiger partial charge is 0.228 e. The summed E-state index contributed by atoms with van der Waals surface area (Å²) in [6.45, 7) is 4.96. The third kappa shape index (κ3) is 4.46. The van der Waals surface area contributed by atoms with Gasteiger partial charge in [-0.1, -0.05) is 0 Å². The predicted octanol–water partition coefficient (Wildman–Crippen LogP) is 1.56. The van der Waals surface area contributed by atoms with Crippen LogP contribution in [0.2, 0.25) is 0 Å². The number of aromatic nitrogens is 2. The van der Waals surface area contributed by atoms with Crippen LogP contribution in [0.4, 0.5) is 17.3 Å². The molecule has 2 saturated heterocycles. The molecule has 1 atom stereocenters. The summed E-state index contributed by atoms with van der Waals surface area (Å²) >= 11 is 0. The number of methoxy groups -OCH3 is 1. The molecule has 2 aliphatic rings. The molecule has 0 N–H and O–H groups in total. The lowest BCUT2D eigenvalue weighted by molar-refractivity contribution is -0.136. The molecule has 0 aliphatic carbocycles. The Kier molecular flexibility index (Phi) is 6.16. The van der Waals surface area contributed by atoms with Gasteiger partial charge in [0, 0.05) is 65.0 Å². The second kappa shape index (κ2) is 9.02. The monoisotopic (exact) mass is 438 g/mol. The van der Waals surface area contributed by atoms with E-state index in [4.69, 9.17) is 4.74 Å². The Labute approximate surface area is 188 Å². The van der Waals surface area contributed by atoms with Crippen molar-refractivity contribution in [3.63, 3.8) is 0 Å². The highest BCUT2D eigenvalue weighted by Gasteiger charge is 2.38. The first kappa shape index (κ1) is 21.9. The zero-order chi connectivity index (χ0) is 22.8. The fourth-order valence-electron chi connectivity index (χ4n) is 4.23. The maximum absolute atomic E-state index is 13.1. The quantitative estimate of drug-likeness (QED) is 0.701. The Morgan fingerprint density at radius 3 is 2.41 bits per heavy atom. The number of ether oxygens (including phenoxy) is 1. The van der Waals surface area contributed by atoms with Crippen LogP contribution in [0, 0.1) is 12.8 Å². The van der Waals surface area contributed by atoms with E-state index in [1.54, 1.807) is 12.0 Å². The Balaban J connectivity index is 1.37. The van der Waals surface area contributed by atoms with Gasteiger partial charge in [0.25, 0.3) is 0 Å². The summed E-state index contributed by atoms with van der Waals surface area (Å²) in [5.74, 6) is 2.96. The fourth-order valence-corrected chi connectivity index (χ4v) is 4.23. The number of benzene rings is 1. The summed E-state index contributed by atoms with van der Waals surface area (Å²) in [5.41, 5.74) is 0.798. The van der Waals surface area contributed by atoms with Crippen LogP contribution in [-0.4, -0.2) is 80.6 Å². The first-order valence-corrected chi connectivity index (χ1v) is 10.9. The van der Waals surface area contributed by atoms with Gasteiger partial charge >= 0.3 is 0 Å². The minimum Gasteiger partial charge on any atom is -0.497 e. The number of hydrogen-bond donors (Lipinski definition) is 0. The highest BCUT2D eigenvalue weighted by molar-refractivity contribution is 6.00. The standard InChI is InChI=1S/C23H30N6O3/c1-16-24-20(26(2)3)14-21(25-16)27-9-11-28(12-10-27)23(31)17-13-22(30)29(15-17)18-5-7-19(32-4)8-6-18/h5-8,14,17H,9-13,15H2,1-4H3. The molecule has 4 rings (SSSR count). The number of amides is 2. The summed E-state index contributed by atoms with van der Waals surface area (Å²) in [6, 6.07) is 9.34. The molecule has 2 aliphatic heterocycles. The predicted molar refractivity (Wildman–Crippen MR) is 123 cm³/mol. The van der Waals surface area contributed by atoms with Gasteiger partial charge in [0.1, 0.15) is 23.2 Å². The van der Waals surface area contributed by atoms with Crippen molar-refractivity contribution in [3.8, 4) is 5.75 Å². The van der Waals surface area contributed by atoms with Crippen LogP contribution in [0.1, 0.15) is 12.2 Å². The number of rotatable bonds is 5. The van der Waals surface area contributed by atoms with Crippen LogP contribution in [0.5, 0.6) is 5.75 Å². The highest BCUT2D eigenvalue weighted by Crippen LogP contribution is 2.28. The van der Waals surface area contributed by atoms with Gasteiger partial charge in [0.15, 0.2) is 0 Å². The van der Waals surface area contributed by atoms with Crippen LogP contribution >= 0.6 is 0 Å². The Bertz CT molecular complexity index is 986. The molecule has 9 heteroatoms. The molecular formula is C23H30N6O3. The van der Waals surface area contributed by atoms with Crippen molar-refractivity contribution in [2.45, 2.75) is 13.3 Å². The lowest BCUT2D eigenvalue weighted by Crippen LogP contribution is -2.51. The molecule has 0 saturated carbocycles. The van der Waals surface area contributed by atoms with E-state index in [2.05, 4.69) is 14.9 Å². The van der Waals surface area contributed by atoms with Crippen molar-refractivity contribution in [2.75, 3.05) is 68.6 Å². The molecule has 0 spiro atoms. The molecule has 1 aromatic carbocycles. The molecule has 2 aromatic rings. The SMILES string of the molecule is COc1ccc(N2CC(C(=O)N3CCN(c4cc(N(C)C)nc(C)n4)CC3)CC2=O)cc1. The minimum absolute atomic E-state index is 0.0140.